The largest absolute Gasteiger partial charge is 0.278 e. The number of fused-ring (bicyclic) bond motifs is 1. The average molecular weight is 260 g/mol. The number of rotatable bonds is 2. The molecule has 2 nitrogen and oxygen atoms in total. The second kappa shape index (κ2) is 4.98. The first-order chi connectivity index (χ1) is 8.75. The van der Waals surface area contributed by atoms with Gasteiger partial charge < -0.3 is 0 Å². The number of hydrogen-bond acceptors (Lipinski definition) is 2. The molecule has 0 unspecified atom stereocenters. The third-order valence-electron chi connectivity index (χ3n) is 3.71. The molecule has 0 saturated carbocycles. The molecular formula is C15H20N2S. The lowest BCUT2D eigenvalue weighted by Gasteiger charge is -2.25. The summed E-state index contributed by atoms with van der Waals surface area (Å²) in [6.45, 7) is 6.84. The Bertz CT molecular complexity index is 553. The predicted octanol–water partition coefficient (Wildman–Crippen LogP) is 4.16. The lowest BCUT2D eigenvalue weighted by molar-refractivity contribution is 0.379. The molecule has 3 rings (SSSR count). The van der Waals surface area contributed by atoms with Crippen molar-refractivity contribution in [3.05, 3.63) is 35.5 Å². The third kappa shape index (κ3) is 2.17. The Morgan fingerprint density at radius 2 is 1.78 bits per heavy atom. The minimum Gasteiger partial charge on any atom is -0.278 e. The van der Waals surface area contributed by atoms with Gasteiger partial charge in [-0.3, -0.25) is 3.97 Å². The number of aryl methyl sites for hydroxylation is 2. The van der Waals surface area contributed by atoms with Crippen LogP contribution < -0.4 is 0 Å². The van der Waals surface area contributed by atoms with Crippen molar-refractivity contribution in [3.8, 4) is 0 Å². The maximum atomic E-state index is 2.49. The van der Waals surface area contributed by atoms with E-state index in [1.165, 1.54) is 54.4 Å². The molecule has 0 N–H and O–H groups in total. The second-order valence-corrected chi connectivity index (χ2v) is 6.25. The lowest BCUT2D eigenvalue weighted by atomic mass is 10.1. The van der Waals surface area contributed by atoms with Crippen LogP contribution in [0.3, 0.4) is 0 Å². The summed E-state index contributed by atoms with van der Waals surface area (Å²) in [6.07, 6.45) is 6.34. The van der Waals surface area contributed by atoms with E-state index in [4.69, 9.17) is 0 Å². The van der Waals surface area contributed by atoms with Crippen LogP contribution in [0.25, 0.3) is 10.9 Å². The molecule has 0 bridgehead atoms. The zero-order valence-electron chi connectivity index (χ0n) is 11.1. The maximum absolute atomic E-state index is 2.49. The van der Waals surface area contributed by atoms with Crippen LogP contribution in [0.2, 0.25) is 0 Å². The van der Waals surface area contributed by atoms with Gasteiger partial charge in [0.1, 0.15) is 0 Å². The Kier molecular flexibility index (Phi) is 3.35. The zero-order valence-corrected chi connectivity index (χ0v) is 12.0. The van der Waals surface area contributed by atoms with Crippen molar-refractivity contribution in [2.24, 2.45) is 0 Å². The number of hydrogen-bond donors (Lipinski definition) is 0. The van der Waals surface area contributed by atoms with E-state index >= 15 is 0 Å². The van der Waals surface area contributed by atoms with E-state index < -0.39 is 0 Å². The molecule has 1 saturated heterocycles. The molecule has 96 valence electrons. The molecule has 2 heterocycles. The van der Waals surface area contributed by atoms with Crippen LogP contribution >= 0.6 is 12.1 Å². The van der Waals surface area contributed by atoms with Crippen LogP contribution in [-0.2, 0) is 0 Å². The van der Waals surface area contributed by atoms with Crippen LogP contribution in [0.15, 0.2) is 24.4 Å². The van der Waals surface area contributed by atoms with E-state index in [-0.39, 0.29) is 0 Å². The fourth-order valence-electron chi connectivity index (χ4n) is 2.72. The fourth-order valence-corrected chi connectivity index (χ4v) is 3.91. The summed E-state index contributed by atoms with van der Waals surface area (Å²) in [5, 5.41) is 1.39. The Balaban J connectivity index is 1.96. The zero-order chi connectivity index (χ0) is 12.5. The van der Waals surface area contributed by atoms with Gasteiger partial charge in [0.25, 0.3) is 0 Å². The molecule has 0 atom stereocenters. The van der Waals surface area contributed by atoms with Crippen LogP contribution in [0.1, 0.15) is 30.4 Å². The summed E-state index contributed by atoms with van der Waals surface area (Å²) in [5.74, 6) is 0. The predicted molar refractivity (Wildman–Crippen MR) is 79.8 cm³/mol. The van der Waals surface area contributed by atoms with Crippen molar-refractivity contribution in [2.75, 3.05) is 13.1 Å². The van der Waals surface area contributed by atoms with E-state index in [0.29, 0.717) is 0 Å². The molecule has 0 spiro atoms. The van der Waals surface area contributed by atoms with E-state index in [9.17, 15) is 0 Å². The lowest BCUT2D eigenvalue weighted by Crippen LogP contribution is -2.24. The Hall–Kier alpha value is -0.930. The SMILES string of the molecule is Cc1cn(SN2CCCCC2)c2c(C)cccc12. The molecule has 1 aliphatic rings. The van der Waals surface area contributed by atoms with E-state index in [0.717, 1.165) is 0 Å². The van der Waals surface area contributed by atoms with Crippen molar-refractivity contribution >= 4 is 23.0 Å². The number of benzene rings is 1. The third-order valence-corrected chi connectivity index (χ3v) is 4.77. The van der Waals surface area contributed by atoms with Gasteiger partial charge in [-0.15, -0.1) is 0 Å². The van der Waals surface area contributed by atoms with Crippen LogP contribution in [0.4, 0.5) is 0 Å². The van der Waals surface area contributed by atoms with Gasteiger partial charge in [-0.2, -0.15) is 0 Å². The van der Waals surface area contributed by atoms with Gasteiger partial charge >= 0.3 is 0 Å². The minimum atomic E-state index is 1.22. The topological polar surface area (TPSA) is 8.17 Å². The molecule has 1 aliphatic heterocycles. The first kappa shape index (κ1) is 12.1. The first-order valence-corrected chi connectivity index (χ1v) is 7.49. The van der Waals surface area contributed by atoms with E-state index in [1.807, 2.05) is 12.1 Å². The van der Waals surface area contributed by atoms with Gasteiger partial charge in [-0.1, -0.05) is 24.6 Å². The molecule has 18 heavy (non-hydrogen) atoms. The van der Waals surface area contributed by atoms with Crippen LogP contribution in [-0.4, -0.2) is 21.4 Å². The number of piperidine rings is 1. The summed E-state index contributed by atoms with van der Waals surface area (Å²) in [5.41, 5.74) is 4.12. The maximum Gasteiger partial charge on any atom is 0.0635 e. The normalized spacial score (nSPS) is 17.4. The summed E-state index contributed by atoms with van der Waals surface area (Å²) < 4.78 is 4.85. The summed E-state index contributed by atoms with van der Waals surface area (Å²) in [7, 11) is 0. The molecule has 0 radical (unpaired) electrons. The van der Waals surface area contributed by atoms with Crippen molar-refractivity contribution < 1.29 is 0 Å². The molecule has 0 amide bonds. The Labute approximate surface area is 113 Å². The highest BCUT2D eigenvalue weighted by Crippen LogP contribution is 2.30. The van der Waals surface area contributed by atoms with Gasteiger partial charge in [0.15, 0.2) is 0 Å². The molecule has 2 aromatic rings. The minimum absolute atomic E-state index is 1.22. The average Bonchev–Trinajstić information content (AvgIpc) is 2.69. The molecule has 1 aromatic carbocycles. The number of aromatic nitrogens is 1. The molecule has 1 fully saturated rings. The summed E-state index contributed by atoms with van der Waals surface area (Å²) >= 11 is 1.88. The molecule has 0 aliphatic carbocycles. The smallest absolute Gasteiger partial charge is 0.0635 e. The number of nitrogens with zero attached hydrogens (tertiary/aromatic N) is 2. The highest BCUT2D eigenvalue weighted by molar-refractivity contribution is 7.95. The molecular weight excluding hydrogens is 240 g/mol. The van der Waals surface area contributed by atoms with Gasteiger partial charge in [-0.25, -0.2) is 4.31 Å². The van der Waals surface area contributed by atoms with Crippen LogP contribution in [0.5, 0.6) is 0 Å². The second-order valence-electron chi connectivity index (χ2n) is 5.18. The summed E-state index contributed by atoms with van der Waals surface area (Å²) in [4.78, 5) is 0. The monoisotopic (exact) mass is 260 g/mol. The highest BCUT2D eigenvalue weighted by atomic mass is 32.2. The van der Waals surface area contributed by atoms with E-state index in [2.05, 4.69) is 46.5 Å². The van der Waals surface area contributed by atoms with Crippen molar-refractivity contribution in [1.82, 2.24) is 8.28 Å². The standard InChI is InChI=1S/C15H20N2S/c1-12-7-6-8-14-13(2)11-17(15(12)14)18-16-9-4-3-5-10-16/h6-8,11H,3-5,9-10H2,1-2H3. The fraction of sp³-hybridized carbons (Fsp3) is 0.467. The van der Waals surface area contributed by atoms with Gasteiger partial charge in [0.05, 0.1) is 5.52 Å². The molecule has 1 aromatic heterocycles. The van der Waals surface area contributed by atoms with E-state index in [1.54, 1.807) is 0 Å². The quantitative estimate of drug-likeness (QED) is 0.749. The summed E-state index contributed by atoms with van der Waals surface area (Å²) in [6, 6.07) is 6.58. The highest BCUT2D eigenvalue weighted by Gasteiger charge is 2.14. The number of para-hydroxylation sites is 1. The van der Waals surface area contributed by atoms with Crippen molar-refractivity contribution in [1.29, 1.82) is 0 Å². The van der Waals surface area contributed by atoms with Crippen molar-refractivity contribution in [2.45, 2.75) is 33.1 Å². The Morgan fingerprint density at radius 1 is 1.00 bits per heavy atom. The first-order valence-electron chi connectivity index (χ1n) is 6.76. The van der Waals surface area contributed by atoms with Gasteiger partial charge in [-0.05, 0) is 37.8 Å². The molecule has 3 heteroatoms. The van der Waals surface area contributed by atoms with Gasteiger partial charge in [0, 0.05) is 36.8 Å². The van der Waals surface area contributed by atoms with Gasteiger partial charge in [0.2, 0.25) is 0 Å². The van der Waals surface area contributed by atoms with Crippen LogP contribution in [0, 0.1) is 13.8 Å². The Morgan fingerprint density at radius 3 is 2.56 bits per heavy atom. The van der Waals surface area contributed by atoms with Crippen molar-refractivity contribution in [3.63, 3.8) is 0 Å².